The van der Waals surface area contributed by atoms with Crippen LogP contribution < -0.4 is 5.14 Å². The van der Waals surface area contributed by atoms with E-state index in [2.05, 4.69) is 0 Å². The third kappa shape index (κ3) is 2.78. The van der Waals surface area contributed by atoms with Gasteiger partial charge in [0.05, 0.1) is 15.5 Å². The van der Waals surface area contributed by atoms with Crippen molar-refractivity contribution in [2.45, 2.75) is 16.7 Å². The van der Waals surface area contributed by atoms with Crippen molar-refractivity contribution >= 4 is 30.6 Å². The van der Waals surface area contributed by atoms with Gasteiger partial charge in [-0.25, -0.2) is 22.0 Å². The molecule has 0 spiro atoms. The molecular formula is C12H13NO4S2. The van der Waals surface area contributed by atoms with Gasteiger partial charge in [0, 0.05) is 0 Å². The Morgan fingerprint density at radius 2 is 1.42 bits per heavy atom. The number of sulfonamides is 1. The van der Waals surface area contributed by atoms with Gasteiger partial charge >= 0.3 is 0 Å². The Hall–Kier alpha value is -1.44. The van der Waals surface area contributed by atoms with E-state index in [-0.39, 0.29) is 15.5 Å². The van der Waals surface area contributed by atoms with Gasteiger partial charge in [0.1, 0.15) is 0 Å². The van der Waals surface area contributed by atoms with Crippen LogP contribution in [0.1, 0.15) is 6.92 Å². The molecule has 5 nitrogen and oxygen atoms in total. The highest BCUT2D eigenvalue weighted by atomic mass is 32.2. The predicted molar refractivity (Wildman–Crippen MR) is 73.0 cm³/mol. The first kappa shape index (κ1) is 14.0. The van der Waals surface area contributed by atoms with Gasteiger partial charge in [-0.15, -0.1) is 0 Å². The Labute approximate surface area is 112 Å². The highest BCUT2D eigenvalue weighted by Crippen LogP contribution is 2.22. The second kappa shape index (κ2) is 4.59. The number of fused-ring (bicyclic) bond motifs is 1. The summed E-state index contributed by atoms with van der Waals surface area (Å²) >= 11 is 0. The van der Waals surface area contributed by atoms with Crippen LogP contribution in [0.2, 0.25) is 0 Å². The average molecular weight is 299 g/mol. The zero-order valence-corrected chi connectivity index (χ0v) is 11.8. The molecule has 0 amide bonds. The lowest BCUT2D eigenvalue weighted by molar-refractivity contribution is 0.596. The van der Waals surface area contributed by atoms with Crippen LogP contribution in [0.3, 0.4) is 0 Å². The number of rotatable bonds is 3. The molecule has 102 valence electrons. The molecule has 0 unspecified atom stereocenters. The molecule has 0 saturated heterocycles. The summed E-state index contributed by atoms with van der Waals surface area (Å²) in [6.45, 7) is 1.56. The Balaban J connectivity index is 2.71. The summed E-state index contributed by atoms with van der Waals surface area (Å²) in [5.74, 6) is -0.00656. The number of hydrogen-bond acceptors (Lipinski definition) is 4. The van der Waals surface area contributed by atoms with E-state index in [1.807, 2.05) is 0 Å². The molecule has 0 radical (unpaired) electrons. The topological polar surface area (TPSA) is 94.3 Å². The summed E-state index contributed by atoms with van der Waals surface area (Å²) in [6.07, 6.45) is 0. The summed E-state index contributed by atoms with van der Waals surface area (Å²) < 4.78 is 46.1. The second-order valence-electron chi connectivity index (χ2n) is 4.12. The molecule has 2 N–H and O–H groups in total. The zero-order chi connectivity index (χ0) is 14.3. The van der Waals surface area contributed by atoms with Crippen LogP contribution >= 0.6 is 0 Å². The molecule has 0 heterocycles. The minimum Gasteiger partial charge on any atom is -0.225 e. The van der Waals surface area contributed by atoms with Crippen LogP contribution in [0.5, 0.6) is 0 Å². The molecule has 2 aromatic carbocycles. The number of benzene rings is 2. The molecular weight excluding hydrogens is 286 g/mol. The van der Waals surface area contributed by atoms with Crippen LogP contribution in [0.15, 0.2) is 46.2 Å². The van der Waals surface area contributed by atoms with E-state index in [0.29, 0.717) is 5.39 Å². The first-order valence-corrected chi connectivity index (χ1v) is 8.73. The maximum absolute atomic E-state index is 11.8. The van der Waals surface area contributed by atoms with Crippen molar-refractivity contribution in [1.82, 2.24) is 0 Å². The molecule has 0 aromatic heterocycles. The van der Waals surface area contributed by atoms with Crippen molar-refractivity contribution in [2.24, 2.45) is 5.14 Å². The zero-order valence-electron chi connectivity index (χ0n) is 10.2. The number of nitrogens with two attached hydrogens (primary N) is 1. The molecule has 19 heavy (non-hydrogen) atoms. The minimum atomic E-state index is -3.80. The van der Waals surface area contributed by atoms with Crippen molar-refractivity contribution in [3.05, 3.63) is 36.4 Å². The predicted octanol–water partition coefficient (Wildman–Crippen LogP) is 1.28. The normalized spacial score (nSPS) is 12.7. The fourth-order valence-corrected chi connectivity index (χ4v) is 3.20. The molecule has 2 aromatic rings. The third-order valence-corrected chi connectivity index (χ3v) is 5.49. The van der Waals surface area contributed by atoms with Crippen molar-refractivity contribution in [3.8, 4) is 0 Å². The van der Waals surface area contributed by atoms with Gasteiger partial charge in [-0.2, -0.15) is 0 Å². The van der Waals surface area contributed by atoms with Crippen LogP contribution in [0.25, 0.3) is 10.8 Å². The van der Waals surface area contributed by atoms with Crippen molar-refractivity contribution < 1.29 is 16.8 Å². The lowest BCUT2D eigenvalue weighted by atomic mass is 10.1. The van der Waals surface area contributed by atoms with Crippen LogP contribution in [-0.2, 0) is 19.9 Å². The molecule has 0 saturated carbocycles. The molecule has 0 aliphatic heterocycles. The summed E-state index contributed by atoms with van der Waals surface area (Å²) in [7, 11) is -7.12. The van der Waals surface area contributed by atoms with Crippen LogP contribution in [0.4, 0.5) is 0 Å². The Kier molecular flexibility index (Phi) is 3.38. The number of sulfone groups is 1. The molecule has 0 bridgehead atoms. The highest BCUT2D eigenvalue weighted by Gasteiger charge is 2.13. The van der Waals surface area contributed by atoms with E-state index in [1.54, 1.807) is 19.1 Å². The van der Waals surface area contributed by atoms with Gasteiger partial charge in [-0.3, -0.25) is 0 Å². The number of hydrogen-bond donors (Lipinski definition) is 1. The standard InChI is InChI=1S/C12H13NO4S2/c1-2-18(14,15)11-5-3-9-4-6-12(19(13,16)17)8-10(9)7-11/h3-8H,2H2,1H3,(H2,13,16,17). The van der Waals surface area contributed by atoms with Crippen molar-refractivity contribution in [3.63, 3.8) is 0 Å². The number of primary sulfonamides is 1. The Morgan fingerprint density at radius 3 is 1.95 bits per heavy atom. The van der Waals surface area contributed by atoms with E-state index >= 15 is 0 Å². The Morgan fingerprint density at radius 1 is 0.895 bits per heavy atom. The van der Waals surface area contributed by atoms with E-state index < -0.39 is 19.9 Å². The summed E-state index contributed by atoms with van der Waals surface area (Å²) in [4.78, 5) is 0.139. The lowest BCUT2D eigenvalue weighted by Gasteiger charge is -2.05. The van der Waals surface area contributed by atoms with Gasteiger partial charge in [0.15, 0.2) is 9.84 Å². The summed E-state index contributed by atoms with van der Waals surface area (Å²) in [5.41, 5.74) is 0. The maximum Gasteiger partial charge on any atom is 0.238 e. The first-order chi connectivity index (χ1) is 8.74. The van der Waals surface area contributed by atoms with Gasteiger partial charge in [-0.1, -0.05) is 19.1 Å². The maximum atomic E-state index is 11.8. The third-order valence-electron chi connectivity index (χ3n) is 2.85. The molecule has 2 rings (SSSR count). The van der Waals surface area contributed by atoms with Gasteiger partial charge < -0.3 is 0 Å². The summed E-state index contributed by atoms with van der Waals surface area (Å²) in [5, 5.41) is 6.33. The van der Waals surface area contributed by atoms with E-state index in [1.165, 1.54) is 24.3 Å². The first-order valence-electron chi connectivity index (χ1n) is 5.53. The molecule has 0 atom stereocenters. The molecule has 0 aliphatic carbocycles. The van der Waals surface area contributed by atoms with E-state index in [9.17, 15) is 16.8 Å². The SMILES string of the molecule is CCS(=O)(=O)c1ccc2ccc(S(N)(=O)=O)cc2c1. The van der Waals surface area contributed by atoms with Crippen molar-refractivity contribution in [1.29, 1.82) is 0 Å². The molecule has 0 fully saturated rings. The van der Waals surface area contributed by atoms with Gasteiger partial charge in [-0.05, 0) is 35.0 Å². The monoisotopic (exact) mass is 299 g/mol. The second-order valence-corrected chi connectivity index (χ2v) is 7.96. The fraction of sp³-hybridized carbons (Fsp3) is 0.167. The van der Waals surface area contributed by atoms with E-state index in [0.717, 1.165) is 5.39 Å². The van der Waals surface area contributed by atoms with E-state index in [4.69, 9.17) is 5.14 Å². The Bertz CT molecular complexity index is 839. The largest absolute Gasteiger partial charge is 0.238 e. The van der Waals surface area contributed by atoms with Crippen LogP contribution in [0, 0.1) is 0 Å². The molecule has 7 heteroatoms. The lowest BCUT2D eigenvalue weighted by Crippen LogP contribution is -2.11. The fourth-order valence-electron chi connectivity index (χ4n) is 1.74. The quantitative estimate of drug-likeness (QED) is 0.923. The van der Waals surface area contributed by atoms with Gasteiger partial charge in [0.25, 0.3) is 0 Å². The minimum absolute atomic E-state index is 0.00656. The van der Waals surface area contributed by atoms with Crippen molar-refractivity contribution in [2.75, 3.05) is 5.75 Å². The highest BCUT2D eigenvalue weighted by molar-refractivity contribution is 7.91. The molecule has 0 aliphatic rings. The summed E-state index contributed by atoms with van der Waals surface area (Å²) in [6, 6.07) is 8.98. The van der Waals surface area contributed by atoms with Gasteiger partial charge in [0.2, 0.25) is 10.0 Å². The average Bonchev–Trinajstić information content (AvgIpc) is 2.36. The smallest absolute Gasteiger partial charge is 0.225 e. The van der Waals surface area contributed by atoms with Crippen LogP contribution in [-0.4, -0.2) is 22.6 Å².